The molecule has 2 N–H and O–H groups in total. The van der Waals surface area contributed by atoms with Crippen LogP contribution in [0.2, 0.25) is 0 Å². The van der Waals surface area contributed by atoms with E-state index in [1.54, 1.807) is 11.9 Å². The summed E-state index contributed by atoms with van der Waals surface area (Å²) in [6.07, 6.45) is -3.43. The number of aromatic nitrogens is 1. The van der Waals surface area contributed by atoms with Crippen molar-refractivity contribution in [1.29, 1.82) is 0 Å². The number of halogens is 3. The van der Waals surface area contributed by atoms with Crippen molar-refractivity contribution in [2.45, 2.75) is 12.7 Å². The molecule has 0 unspecified atom stereocenters. The van der Waals surface area contributed by atoms with E-state index in [4.69, 9.17) is 5.73 Å². The molecule has 0 amide bonds. The predicted octanol–water partition coefficient (Wildman–Crippen LogP) is 3.32. The Bertz CT molecular complexity index is 582. The maximum Gasteiger partial charge on any atom is 0.433 e. The van der Waals surface area contributed by atoms with Crippen LogP contribution >= 0.6 is 0 Å². The molecule has 2 rings (SSSR count). The Morgan fingerprint density at radius 2 is 1.85 bits per heavy atom. The minimum absolute atomic E-state index is 0.219. The molecule has 0 spiro atoms. The summed E-state index contributed by atoms with van der Waals surface area (Å²) in [6, 6.07) is 10.4. The van der Waals surface area contributed by atoms with E-state index in [9.17, 15) is 13.2 Å². The number of hydrogen-bond donors (Lipinski definition) is 1. The molecule has 0 saturated carbocycles. The Balaban J connectivity index is 2.27. The average molecular weight is 281 g/mol. The molecule has 0 fully saturated rings. The van der Waals surface area contributed by atoms with Gasteiger partial charge in [0.25, 0.3) is 0 Å². The molecule has 6 heteroatoms. The fourth-order valence-corrected chi connectivity index (χ4v) is 1.88. The van der Waals surface area contributed by atoms with Crippen molar-refractivity contribution in [2.24, 2.45) is 0 Å². The molecule has 1 aromatic carbocycles. The fraction of sp³-hybridized carbons (Fsp3) is 0.214. The Kier molecular flexibility index (Phi) is 3.83. The molecular weight excluding hydrogens is 267 g/mol. The van der Waals surface area contributed by atoms with Gasteiger partial charge in [-0.25, -0.2) is 4.98 Å². The van der Waals surface area contributed by atoms with Gasteiger partial charge in [-0.15, -0.1) is 0 Å². The van der Waals surface area contributed by atoms with Crippen molar-refractivity contribution < 1.29 is 13.2 Å². The SMILES string of the molecule is CN(Cc1ccccc1)c1cc(C(F)(F)F)ncc1N. The Morgan fingerprint density at radius 1 is 1.20 bits per heavy atom. The molecule has 1 aromatic heterocycles. The standard InChI is InChI=1S/C14H14F3N3/c1-20(9-10-5-3-2-4-6-10)12-7-13(14(15,16)17)19-8-11(12)18/h2-8H,9,18H2,1H3. The molecule has 0 atom stereocenters. The van der Waals surface area contributed by atoms with Gasteiger partial charge in [-0.1, -0.05) is 30.3 Å². The summed E-state index contributed by atoms with van der Waals surface area (Å²) in [5, 5.41) is 0. The lowest BCUT2D eigenvalue weighted by Gasteiger charge is -2.22. The number of nitrogen functional groups attached to an aromatic ring is 1. The van der Waals surface area contributed by atoms with Crippen LogP contribution in [0.25, 0.3) is 0 Å². The fourth-order valence-electron chi connectivity index (χ4n) is 1.88. The van der Waals surface area contributed by atoms with Crippen molar-refractivity contribution in [1.82, 2.24) is 4.98 Å². The van der Waals surface area contributed by atoms with E-state index >= 15 is 0 Å². The molecule has 0 saturated heterocycles. The maximum absolute atomic E-state index is 12.7. The molecule has 0 radical (unpaired) electrons. The minimum Gasteiger partial charge on any atom is -0.396 e. The van der Waals surface area contributed by atoms with Gasteiger partial charge in [-0.05, 0) is 11.6 Å². The first-order valence-electron chi connectivity index (χ1n) is 5.95. The van der Waals surface area contributed by atoms with Crippen LogP contribution in [0.1, 0.15) is 11.3 Å². The smallest absolute Gasteiger partial charge is 0.396 e. The van der Waals surface area contributed by atoms with Crippen LogP contribution in [0.5, 0.6) is 0 Å². The highest BCUT2D eigenvalue weighted by Gasteiger charge is 2.33. The highest BCUT2D eigenvalue weighted by molar-refractivity contribution is 5.66. The highest BCUT2D eigenvalue weighted by atomic mass is 19.4. The van der Waals surface area contributed by atoms with Gasteiger partial charge in [0.2, 0.25) is 0 Å². The number of rotatable bonds is 3. The zero-order chi connectivity index (χ0) is 14.8. The number of hydrogen-bond acceptors (Lipinski definition) is 3. The van der Waals surface area contributed by atoms with Gasteiger partial charge < -0.3 is 10.6 Å². The quantitative estimate of drug-likeness (QED) is 0.938. The summed E-state index contributed by atoms with van der Waals surface area (Å²) in [4.78, 5) is 4.99. The number of alkyl halides is 3. The normalized spacial score (nSPS) is 11.4. The first kappa shape index (κ1) is 14.2. The third kappa shape index (κ3) is 3.20. The summed E-state index contributed by atoms with van der Waals surface area (Å²) in [7, 11) is 1.69. The van der Waals surface area contributed by atoms with E-state index in [2.05, 4.69) is 4.98 Å². The first-order valence-corrected chi connectivity index (χ1v) is 5.95. The summed E-state index contributed by atoms with van der Waals surface area (Å²) >= 11 is 0. The van der Waals surface area contributed by atoms with E-state index in [1.807, 2.05) is 30.3 Å². The lowest BCUT2D eigenvalue weighted by molar-refractivity contribution is -0.141. The number of benzene rings is 1. The van der Waals surface area contributed by atoms with Gasteiger partial charge in [0, 0.05) is 13.6 Å². The zero-order valence-corrected chi connectivity index (χ0v) is 10.9. The van der Waals surface area contributed by atoms with Gasteiger partial charge in [-0.3, -0.25) is 0 Å². The molecule has 20 heavy (non-hydrogen) atoms. The summed E-state index contributed by atoms with van der Waals surface area (Å²) in [5.41, 5.74) is 6.29. The van der Waals surface area contributed by atoms with E-state index in [-0.39, 0.29) is 5.69 Å². The van der Waals surface area contributed by atoms with Crippen molar-refractivity contribution in [3.63, 3.8) is 0 Å². The molecule has 0 aliphatic rings. The second-order valence-electron chi connectivity index (χ2n) is 4.47. The van der Waals surface area contributed by atoms with E-state index in [0.717, 1.165) is 17.8 Å². The van der Waals surface area contributed by atoms with Crippen LogP contribution in [-0.2, 0) is 12.7 Å². The third-order valence-corrected chi connectivity index (χ3v) is 2.88. The molecule has 3 nitrogen and oxygen atoms in total. The minimum atomic E-state index is -4.48. The van der Waals surface area contributed by atoms with Crippen molar-refractivity contribution >= 4 is 11.4 Å². The van der Waals surface area contributed by atoms with Crippen LogP contribution < -0.4 is 10.6 Å². The van der Waals surface area contributed by atoms with Gasteiger partial charge in [0.15, 0.2) is 0 Å². The summed E-state index contributed by atoms with van der Waals surface area (Å²) in [6.45, 7) is 0.465. The maximum atomic E-state index is 12.7. The Hall–Kier alpha value is -2.24. The average Bonchev–Trinajstić information content (AvgIpc) is 2.39. The summed E-state index contributed by atoms with van der Waals surface area (Å²) in [5.74, 6) is 0. The Morgan fingerprint density at radius 3 is 2.45 bits per heavy atom. The molecule has 2 aromatic rings. The van der Waals surface area contributed by atoms with Crippen LogP contribution in [0, 0.1) is 0 Å². The molecule has 0 bridgehead atoms. The highest BCUT2D eigenvalue weighted by Crippen LogP contribution is 2.32. The van der Waals surface area contributed by atoms with Crippen LogP contribution in [0.3, 0.4) is 0 Å². The molecular formula is C14H14F3N3. The van der Waals surface area contributed by atoms with Crippen LogP contribution in [0.15, 0.2) is 42.6 Å². The molecule has 1 heterocycles. The topological polar surface area (TPSA) is 42.2 Å². The van der Waals surface area contributed by atoms with E-state index < -0.39 is 11.9 Å². The predicted molar refractivity (Wildman–Crippen MR) is 72.2 cm³/mol. The van der Waals surface area contributed by atoms with E-state index in [0.29, 0.717) is 12.2 Å². The number of nitrogens with two attached hydrogens (primary N) is 1. The lowest BCUT2D eigenvalue weighted by atomic mass is 10.2. The van der Waals surface area contributed by atoms with E-state index in [1.165, 1.54) is 0 Å². The van der Waals surface area contributed by atoms with Crippen molar-refractivity contribution in [3.8, 4) is 0 Å². The second kappa shape index (κ2) is 5.40. The lowest BCUT2D eigenvalue weighted by Crippen LogP contribution is -2.19. The number of nitrogens with zero attached hydrogens (tertiary/aromatic N) is 2. The summed E-state index contributed by atoms with van der Waals surface area (Å²) < 4.78 is 38.0. The zero-order valence-electron chi connectivity index (χ0n) is 10.9. The molecule has 0 aliphatic carbocycles. The monoisotopic (exact) mass is 281 g/mol. The van der Waals surface area contributed by atoms with Gasteiger partial charge >= 0.3 is 6.18 Å². The van der Waals surface area contributed by atoms with Gasteiger partial charge in [0.05, 0.1) is 17.6 Å². The first-order chi connectivity index (χ1) is 9.38. The number of anilines is 2. The second-order valence-corrected chi connectivity index (χ2v) is 4.47. The molecule has 106 valence electrons. The van der Waals surface area contributed by atoms with Gasteiger partial charge in [0.1, 0.15) is 5.69 Å². The van der Waals surface area contributed by atoms with Crippen molar-refractivity contribution in [3.05, 3.63) is 53.9 Å². The molecule has 0 aliphatic heterocycles. The third-order valence-electron chi connectivity index (χ3n) is 2.88. The van der Waals surface area contributed by atoms with Crippen LogP contribution in [-0.4, -0.2) is 12.0 Å². The Labute approximate surface area is 114 Å². The van der Waals surface area contributed by atoms with Gasteiger partial charge in [-0.2, -0.15) is 13.2 Å². The largest absolute Gasteiger partial charge is 0.433 e. The van der Waals surface area contributed by atoms with Crippen molar-refractivity contribution in [2.75, 3.05) is 17.7 Å². The number of pyridine rings is 1. The van der Waals surface area contributed by atoms with Crippen LogP contribution in [0.4, 0.5) is 24.5 Å².